The molecule has 0 aliphatic heterocycles. The molecule has 0 bridgehead atoms. The van der Waals surface area contributed by atoms with Gasteiger partial charge in [0.2, 0.25) is 0 Å². The molecule has 0 radical (unpaired) electrons. The zero-order valence-electron chi connectivity index (χ0n) is 12.4. The van der Waals surface area contributed by atoms with Crippen LogP contribution in [0.4, 0.5) is 0 Å². The van der Waals surface area contributed by atoms with Gasteiger partial charge >= 0.3 is 0 Å². The molecule has 8 heteroatoms. The summed E-state index contributed by atoms with van der Waals surface area (Å²) in [5.74, 6) is 0.349. The SMILES string of the molecule is Cn1nc(C(=O)NCc2ccc(-n3cccn3)nc2)ccc1=O. The van der Waals surface area contributed by atoms with Gasteiger partial charge in [0, 0.05) is 38.2 Å². The number of amides is 1. The zero-order chi connectivity index (χ0) is 16.2. The third-order valence-electron chi connectivity index (χ3n) is 3.19. The number of hydrogen-bond acceptors (Lipinski definition) is 5. The Morgan fingerprint density at radius 2 is 2.13 bits per heavy atom. The molecule has 1 N–H and O–H groups in total. The van der Waals surface area contributed by atoms with Crippen LogP contribution in [0.15, 0.2) is 53.7 Å². The number of nitrogens with zero attached hydrogens (tertiary/aromatic N) is 5. The van der Waals surface area contributed by atoms with Crippen LogP contribution in [-0.2, 0) is 13.6 Å². The van der Waals surface area contributed by atoms with Crippen LogP contribution in [0, 0.1) is 0 Å². The van der Waals surface area contributed by atoms with E-state index in [0.29, 0.717) is 12.4 Å². The molecule has 0 saturated heterocycles. The molecule has 1 amide bonds. The standard InChI is InChI=1S/C15H14N6O2/c1-20-14(22)6-4-12(19-20)15(23)17-10-11-3-5-13(16-9-11)21-8-2-7-18-21/h2-9H,10H2,1H3,(H,17,23). The number of nitrogens with one attached hydrogen (secondary N) is 1. The van der Waals surface area contributed by atoms with Gasteiger partial charge in [-0.1, -0.05) is 6.07 Å². The smallest absolute Gasteiger partial charge is 0.271 e. The van der Waals surface area contributed by atoms with E-state index in [-0.39, 0.29) is 17.2 Å². The van der Waals surface area contributed by atoms with Crippen molar-refractivity contribution >= 4 is 5.91 Å². The highest BCUT2D eigenvalue weighted by Crippen LogP contribution is 2.04. The van der Waals surface area contributed by atoms with E-state index >= 15 is 0 Å². The van der Waals surface area contributed by atoms with Gasteiger partial charge in [0.25, 0.3) is 11.5 Å². The maximum absolute atomic E-state index is 12.0. The minimum Gasteiger partial charge on any atom is -0.347 e. The highest BCUT2D eigenvalue weighted by atomic mass is 16.2. The number of rotatable bonds is 4. The lowest BCUT2D eigenvalue weighted by molar-refractivity contribution is 0.0943. The Kier molecular flexibility index (Phi) is 3.96. The maximum Gasteiger partial charge on any atom is 0.271 e. The molecule has 23 heavy (non-hydrogen) atoms. The van der Waals surface area contributed by atoms with Crippen molar-refractivity contribution in [1.29, 1.82) is 0 Å². The van der Waals surface area contributed by atoms with Crippen molar-refractivity contribution in [3.8, 4) is 5.82 Å². The number of aryl methyl sites for hydroxylation is 1. The van der Waals surface area contributed by atoms with Gasteiger partial charge < -0.3 is 5.32 Å². The summed E-state index contributed by atoms with van der Waals surface area (Å²) in [6, 6.07) is 8.20. The quantitative estimate of drug-likeness (QED) is 0.747. The molecule has 0 spiro atoms. The average Bonchev–Trinajstić information content (AvgIpc) is 3.10. The van der Waals surface area contributed by atoms with E-state index in [1.54, 1.807) is 23.3 Å². The van der Waals surface area contributed by atoms with Crippen LogP contribution >= 0.6 is 0 Å². The molecule has 0 aliphatic carbocycles. The first-order valence-electron chi connectivity index (χ1n) is 6.91. The maximum atomic E-state index is 12.0. The Balaban J connectivity index is 1.64. The minimum atomic E-state index is -0.350. The summed E-state index contributed by atoms with van der Waals surface area (Å²) in [6.45, 7) is 0.315. The highest BCUT2D eigenvalue weighted by Gasteiger charge is 2.08. The van der Waals surface area contributed by atoms with Crippen LogP contribution in [0.3, 0.4) is 0 Å². The molecule has 3 aromatic rings. The van der Waals surface area contributed by atoms with Crippen LogP contribution < -0.4 is 10.9 Å². The summed E-state index contributed by atoms with van der Waals surface area (Å²) < 4.78 is 2.77. The molecular weight excluding hydrogens is 296 g/mol. The van der Waals surface area contributed by atoms with Gasteiger partial charge in [0.15, 0.2) is 5.82 Å². The molecule has 3 aromatic heterocycles. The first kappa shape index (κ1) is 14.6. The minimum absolute atomic E-state index is 0.188. The molecule has 8 nitrogen and oxygen atoms in total. The predicted octanol–water partition coefficient (Wildman–Crippen LogP) is 0.291. The predicted molar refractivity (Wildman–Crippen MR) is 82.0 cm³/mol. The zero-order valence-corrected chi connectivity index (χ0v) is 12.4. The van der Waals surface area contributed by atoms with Crippen molar-refractivity contribution in [2.45, 2.75) is 6.54 Å². The highest BCUT2D eigenvalue weighted by molar-refractivity contribution is 5.91. The molecule has 116 valence electrons. The third-order valence-corrected chi connectivity index (χ3v) is 3.19. The van der Waals surface area contributed by atoms with E-state index in [0.717, 1.165) is 10.2 Å². The molecule has 0 fully saturated rings. The fourth-order valence-electron chi connectivity index (χ4n) is 1.96. The van der Waals surface area contributed by atoms with Crippen molar-refractivity contribution in [1.82, 2.24) is 29.9 Å². The third kappa shape index (κ3) is 3.31. The lowest BCUT2D eigenvalue weighted by atomic mass is 10.2. The number of carbonyl (C=O) groups excluding carboxylic acids is 1. The number of pyridine rings is 1. The van der Waals surface area contributed by atoms with E-state index in [9.17, 15) is 9.59 Å². The lowest BCUT2D eigenvalue weighted by Gasteiger charge is -2.06. The van der Waals surface area contributed by atoms with E-state index in [1.165, 1.54) is 19.2 Å². The lowest BCUT2D eigenvalue weighted by Crippen LogP contribution is -2.28. The van der Waals surface area contributed by atoms with Crippen LogP contribution in [0.2, 0.25) is 0 Å². The molecular formula is C15H14N6O2. The first-order chi connectivity index (χ1) is 11.1. The summed E-state index contributed by atoms with van der Waals surface area (Å²) in [4.78, 5) is 27.6. The number of aromatic nitrogens is 5. The molecule has 3 heterocycles. The first-order valence-corrected chi connectivity index (χ1v) is 6.91. The molecule has 0 saturated carbocycles. The Morgan fingerprint density at radius 3 is 2.78 bits per heavy atom. The Hall–Kier alpha value is -3.29. The summed E-state index contributed by atoms with van der Waals surface area (Å²) >= 11 is 0. The van der Waals surface area contributed by atoms with Crippen molar-refractivity contribution in [3.05, 3.63) is 70.5 Å². The Morgan fingerprint density at radius 1 is 1.26 bits per heavy atom. The molecule has 0 atom stereocenters. The fourth-order valence-corrected chi connectivity index (χ4v) is 1.96. The van der Waals surface area contributed by atoms with Gasteiger partial charge in [-0.05, 0) is 23.8 Å². The Labute approximate surface area is 131 Å². The number of carbonyl (C=O) groups is 1. The summed E-state index contributed by atoms with van der Waals surface area (Å²) in [7, 11) is 1.50. The molecule has 0 unspecified atom stereocenters. The topological polar surface area (TPSA) is 94.7 Å². The average molecular weight is 310 g/mol. The summed E-state index contributed by atoms with van der Waals surface area (Å²) in [5.41, 5.74) is 0.771. The van der Waals surface area contributed by atoms with Gasteiger partial charge in [0.05, 0.1) is 0 Å². The van der Waals surface area contributed by atoms with Crippen molar-refractivity contribution < 1.29 is 4.79 Å². The van der Waals surface area contributed by atoms with Crippen molar-refractivity contribution in [2.75, 3.05) is 0 Å². The van der Waals surface area contributed by atoms with Gasteiger partial charge in [-0.15, -0.1) is 0 Å². The van der Waals surface area contributed by atoms with Gasteiger partial charge in [-0.3, -0.25) is 9.59 Å². The summed E-state index contributed by atoms with van der Waals surface area (Å²) in [6.07, 6.45) is 5.15. The van der Waals surface area contributed by atoms with E-state index in [2.05, 4.69) is 20.5 Å². The van der Waals surface area contributed by atoms with Gasteiger partial charge in [-0.25, -0.2) is 14.3 Å². The summed E-state index contributed by atoms with van der Waals surface area (Å²) in [5, 5.41) is 10.7. The largest absolute Gasteiger partial charge is 0.347 e. The second-order valence-electron chi connectivity index (χ2n) is 4.84. The molecule has 0 aliphatic rings. The second-order valence-corrected chi connectivity index (χ2v) is 4.84. The van der Waals surface area contributed by atoms with Crippen LogP contribution in [0.5, 0.6) is 0 Å². The normalized spacial score (nSPS) is 10.5. The molecule has 0 aromatic carbocycles. The van der Waals surface area contributed by atoms with Crippen LogP contribution in [-0.4, -0.2) is 30.5 Å². The van der Waals surface area contributed by atoms with Gasteiger partial charge in [0.1, 0.15) is 5.69 Å². The fraction of sp³-hybridized carbons (Fsp3) is 0.133. The Bertz CT molecular complexity index is 868. The van der Waals surface area contributed by atoms with E-state index in [1.807, 2.05) is 18.2 Å². The van der Waals surface area contributed by atoms with E-state index in [4.69, 9.17) is 0 Å². The second kappa shape index (κ2) is 6.22. The molecule has 3 rings (SSSR count). The van der Waals surface area contributed by atoms with Crippen molar-refractivity contribution in [3.63, 3.8) is 0 Å². The van der Waals surface area contributed by atoms with E-state index < -0.39 is 0 Å². The van der Waals surface area contributed by atoms with Gasteiger partial charge in [-0.2, -0.15) is 10.2 Å². The van der Waals surface area contributed by atoms with Crippen LogP contribution in [0.1, 0.15) is 16.1 Å². The van der Waals surface area contributed by atoms with Crippen molar-refractivity contribution in [2.24, 2.45) is 7.05 Å². The number of hydrogen-bond donors (Lipinski definition) is 1. The monoisotopic (exact) mass is 310 g/mol. The van der Waals surface area contributed by atoms with Crippen LogP contribution in [0.25, 0.3) is 5.82 Å².